The number of hydrogen-bond donors (Lipinski definition) is 2. The van der Waals surface area contributed by atoms with Gasteiger partial charge >= 0.3 is 0 Å². The molecule has 1 aromatic carbocycles. The molecular formula is C16H22ClN5O. The molecule has 0 fully saturated rings. The summed E-state index contributed by atoms with van der Waals surface area (Å²) in [6, 6.07) is 7.38. The van der Waals surface area contributed by atoms with Crippen molar-refractivity contribution in [3.8, 4) is 5.75 Å². The highest BCUT2D eigenvalue weighted by Crippen LogP contribution is 2.28. The van der Waals surface area contributed by atoms with Crippen LogP contribution in [-0.2, 0) is 0 Å². The molecule has 7 heteroatoms. The molecule has 23 heavy (non-hydrogen) atoms. The van der Waals surface area contributed by atoms with Crippen molar-refractivity contribution in [1.29, 1.82) is 0 Å². The SMILES string of the molecule is COc1ccc(Nc2cc(NCCN(C)C)nc(C)n2)cc1Cl. The Bertz CT molecular complexity index is 663. The van der Waals surface area contributed by atoms with E-state index in [2.05, 4.69) is 25.5 Å². The van der Waals surface area contributed by atoms with Gasteiger partial charge in [0.15, 0.2) is 0 Å². The third-order valence-corrected chi connectivity index (χ3v) is 3.42. The highest BCUT2D eigenvalue weighted by atomic mass is 35.5. The molecule has 0 saturated carbocycles. The fourth-order valence-electron chi connectivity index (χ4n) is 2.02. The van der Waals surface area contributed by atoms with Gasteiger partial charge < -0.3 is 20.3 Å². The maximum Gasteiger partial charge on any atom is 0.137 e. The second-order valence-corrected chi connectivity index (χ2v) is 5.80. The molecule has 1 aromatic heterocycles. The number of aryl methyl sites for hydroxylation is 1. The van der Waals surface area contributed by atoms with Crippen LogP contribution in [0, 0.1) is 6.92 Å². The van der Waals surface area contributed by atoms with Crippen LogP contribution in [0.1, 0.15) is 5.82 Å². The number of ether oxygens (including phenoxy) is 1. The summed E-state index contributed by atoms with van der Waals surface area (Å²) in [7, 11) is 5.66. The van der Waals surface area contributed by atoms with E-state index in [0.29, 0.717) is 22.4 Å². The molecule has 0 aliphatic heterocycles. The lowest BCUT2D eigenvalue weighted by Crippen LogP contribution is -2.21. The van der Waals surface area contributed by atoms with E-state index in [4.69, 9.17) is 16.3 Å². The number of methoxy groups -OCH3 is 1. The molecule has 0 saturated heterocycles. The fourth-order valence-corrected chi connectivity index (χ4v) is 2.28. The van der Waals surface area contributed by atoms with E-state index in [1.54, 1.807) is 13.2 Å². The quantitative estimate of drug-likeness (QED) is 0.810. The number of likely N-dealkylation sites (N-methyl/N-ethyl adjacent to an activating group) is 1. The molecule has 0 aliphatic rings. The monoisotopic (exact) mass is 335 g/mol. The molecule has 0 unspecified atom stereocenters. The molecule has 2 aromatic rings. The molecular weight excluding hydrogens is 314 g/mol. The molecule has 124 valence electrons. The average molecular weight is 336 g/mol. The summed E-state index contributed by atoms with van der Waals surface area (Å²) in [4.78, 5) is 10.9. The lowest BCUT2D eigenvalue weighted by Gasteiger charge is -2.13. The van der Waals surface area contributed by atoms with Gasteiger partial charge in [0.25, 0.3) is 0 Å². The van der Waals surface area contributed by atoms with E-state index in [0.717, 1.165) is 24.6 Å². The van der Waals surface area contributed by atoms with Gasteiger partial charge in [0.1, 0.15) is 23.2 Å². The summed E-state index contributed by atoms with van der Waals surface area (Å²) in [5, 5.41) is 7.08. The fraction of sp³-hybridized carbons (Fsp3) is 0.375. The number of halogens is 1. The molecule has 0 bridgehead atoms. The third kappa shape index (κ3) is 5.26. The van der Waals surface area contributed by atoms with E-state index in [9.17, 15) is 0 Å². The summed E-state index contributed by atoms with van der Waals surface area (Å²) in [5.41, 5.74) is 0.841. The minimum absolute atomic E-state index is 0.549. The molecule has 0 radical (unpaired) electrons. The molecule has 2 rings (SSSR count). The number of anilines is 3. The molecule has 0 atom stereocenters. The molecule has 1 heterocycles. The van der Waals surface area contributed by atoms with Crippen molar-refractivity contribution in [2.75, 3.05) is 44.9 Å². The standard InChI is InChI=1S/C16H22ClN5O/c1-11-19-15(18-7-8-22(2)3)10-16(20-11)21-12-5-6-14(23-4)13(17)9-12/h5-6,9-10H,7-8H2,1-4H3,(H2,18,19,20,21). The predicted molar refractivity (Wildman–Crippen MR) is 95.1 cm³/mol. The topological polar surface area (TPSA) is 62.3 Å². The van der Waals surface area contributed by atoms with Gasteiger partial charge in [-0.05, 0) is 39.2 Å². The lowest BCUT2D eigenvalue weighted by molar-refractivity contribution is 0.415. The van der Waals surface area contributed by atoms with Crippen LogP contribution in [0.3, 0.4) is 0 Å². The van der Waals surface area contributed by atoms with Crippen molar-refractivity contribution >= 4 is 28.9 Å². The third-order valence-electron chi connectivity index (χ3n) is 3.13. The van der Waals surface area contributed by atoms with E-state index in [1.165, 1.54) is 0 Å². The smallest absolute Gasteiger partial charge is 0.137 e. The number of aromatic nitrogens is 2. The second kappa shape index (κ2) is 7.99. The van der Waals surface area contributed by atoms with E-state index >= 15 is 0 Å². The van der Waals surface area contributed by atoms with Crippen LogP contribution in [0.4, 0.5) is 17.3 Å². The lowest BCUT2D eigenvalue weighted by atomic mass is 10.3. The predicted octanol–water partition coefficient (Wildman–Crippen LogP) is 3.16. The Morgan fingerprint density at radius 3 is 2.57 bits per heavy atom. The first-order chi connectivity index (χ1) is 11.0. The van der Waals surface area contributed by atoms with E-state index in [1.807, 2.05) is 39.2 Å². The summed E-state index contributed by atoms with van der Waals surface area (Å²) >= 11 is 6.14. The highest BCUT2D eigenvalue weighted by molar-refractivity contribution is 6.32. The zero-order valence-electron chi connectivity index (χ0n) is 13.9. The largest absolute Gasteiger partial charge is 0.495 e. The first-order valence-electron chi connectivity index (χ1n) is 7.33. The van der Waals surface area contributed by atoms with Gasteiger partial charge in [-0.3, -0.25) is 0 Å². The molecule has 0 spiro atoms. The molecule has 0 amide bonds. The van der Waals surface area contributed by atoms with Gasteiger partial charge in [-0.2, -0.15) is 0 Å². The van der Waals surface area contributed by atoms with Crippen LogP contribution in [0.5, 0.6) is 5.75 Å². The maximum atomic E-state index is 6.14. The molecule has 2 N–H and O–H groups in total. The molecule has 6 nitrogen and oxygen atoms in total. The highest BCUT2D eigenvalue weighted by Gasteiger charge is 2.05. The van der Waals surface area contributed by atoms with E-state index < -0.39 is 0 Å². The van der Waals surface area contributed by atoms with Crippen LogP contribution in [-0.4, -0.2) is 49.2 Å². The normalized spacial score (nSPS) is 10.7. The minimum Gasteiger partial charge on any atom is -0.495 e. The summed E-state index contributed by atoms with van der Waals surface area (Å²) < 4.78 is 5.15. The average Bonchev–Trinajstić information content (AvgIpc) is 2.46. The van der Waals surface area contributed by atoms with Crippen LogP contribution in [0.25, 0.3) is 0 Å². The Kier molecular flexibility index (Phi) is 6.01. The Hall–Kier alpha value is -2.05. The van der Waals surface area contributed by atoms with Crippen molar-refractivity contribution in [1.82, 2.24) is 14.9 Å². The van der Waals surface area contributed by atoms with Crippen LogP contribution >= 0.6 is 11.6 Å². The van der Waals surface area contributed by atoms with Crippen molar-refractivity contribution in [2.45, 2.75) is 6.92 Å². The number of hydrogen-bond acceptors (Lipinski definition) is 6. The zero-order valence-corrected chi connectivity index (χ0v) is 14.6. The Morgan fingerprint density at radius 1 is 1.17 bits per heavy atom. The van der Waals surface area contributed by atoms with Gasteiger partial charge in [0, 0.05) is 24.8 Å². The van der Waals surface area contributed by atoms with Gasteiger partial charge in [-0.15, -0.1) is 0 Å². The zero-order chi connectivity index (χ0) is 16.8. The Labute approximate surface area is 141 Å². The maximum absolute atomic E-state index is 6.14. The van der Waals surface area contributed by atoms with Gasteiger partial charge in [0.2, 0.25) is 0 Å². The van der Waals surface area contributed by atoms with E-state index in [-0.39, 0.29) is 0 Å². The van der Waals surface area contributed by atoms with Crippen molar-refractivity contribution < 1.29 is 4.74 Å². The first-order valence-corrected chi connectivity index (χ1v) is 7.70. The van der Waals surface area contributed by atoms with Gasteiger partial charge in [0.05, 0.1) is 12.1 Å². The summed E-state index contributed by atoms with van der Waals surface area (Å²) in [5.74, 6) is 2.84. The Morgan fingerprint density at radius 2 is 1.91 bits per heavy atom. The second-order valence-electron chi connectivity index (χ2n) is 5.39. The number of nitrogens with zero attached hydrogens (tertiary/aromatic N) is 3. The van der Waals surface area contributed by atoms with Gasteiger partial charge in [-0.1, -0.05) is 11.6 Å². The van der Waals surface area contributed by atoms with Crippen LogP contribution in [0.2, 0.25) is 5.02 Å². The number of nitrogens with one attached hydrogen (secondary N) is 2. The minimum atomic E-state index is 0.549. The summed E-state index contributed by atoms with van der Waals surface area (Å²) in [6.45, 7) is 3.61. The van der Waals surface area contributed by atoms with Gasteiger partial charge in [-0.25, -0.2) is 9.97 Å². The summed E-state index contributed by atoms with van der Waals surface area (Å²) in [6.07, 6.45) is 0. The van der Waals surface area contributed by atoms with Crippen molar-refractivity contribution in [2.24, 2.45) is 0 Å². The Balaban J connectivity index is 2.10. The first kappa shape index (κ1) is 17.3. The molecule has 0 aliphatic carbocycles. The number of rotatable bonds is 7. The van der Waals surface area contributed by atoms with Crippen molar-refractivity contribution in [3.05, 3.63) is 35.1 Å². The van der Waals surface area contributed by atoms with Crippen LogP contribution < -0.4 is 15.4 Å². The van der Waals surface area contributed by atoms with Crippen molar-refractivity contribution in [3.63, 3.8) is 0 Å². The number of benzene rings is 1. The van der Waals surface area contributed by atoms with Crippen LogP contribution in [0.15, 0.2) is 24.3 Å².